The van der Waals surface area contributed by atoms with Crippen molar-refractivity contribution in [2.45, 2.75) is 6.92 Å². The van der Waals surface area contributed by atoms with Crippen LogP contribution >= 0.6 is 27.5 Å². The van der Waals surface area contributed by atoms with Crippen LogP contribution in [0.2, 0.25) is 5.02 Å². The molecule has 94 valence electrons. The first kappa shape index (κ1) is 13.2. The van der Waals surface area contributed by atoms with Gasteiger partial charge in [0, 0.05) is 6.54 Å². The number of benzene rings is 1. The average Bonchev–Trinajstić information content (AvgIpc) is 2.36. The van der Waals surface area contributed by atoms with Crippen LogP contribution in [0.3, 0.4) is 0 Å². The molecule has 0 aliphatic carbocycles. The maximum absolute atomic E-state index is 6.05. The predicted octanol–water partition coefficient (Wildman–Crippen LogP) is 4.67. The van der Waals surface area contributed by atoms with Gasteiger partial charge >= 0.3 is 0 Å². The Morgan fingerprint density at radius 3 is 2.83 bits per heavy atom. The maximum atomic E-state index is 6.05. The lowest BCUT2D eigenvalue weighted by molar-refractivity contribution is 1.19. The molecule has 0 spiro atoms. The fraction of sp³-hybridized carbons (Fsp3) is 0.154. The van der Waals surface area contributed by atoms with Gasteiger partial charge in [0.1, 0.15) is 0 Å². The second kappa shape index (κ2) is 6.07. The lowest BCUT2D eigenvalue weighted by Gasteiger charge is -2.10. The van der Waals surface area contributed by atoms with Gasteiger partial charge in [-0.05, 0) is 41.1 Å². The van der Waals surface area contributed by atoms with E-state index in [0.717, 1.165) is 28.1 Å². The highest BCUT2D eigenvalue weighted by Gasteiger charge is 2.04. The largest absolute Gasteiger partial charge is 0.384 e. The number of nitrogens with one attached hydrogen (secondary N) is 2. The van der Waals surface area contributed by atoms with Crippen molar-refractivity contribution in [2.24, 2.45) is 0 Å². The predicted molar refractivity (Wildman–Crippen MR) is 80.8 cm³/mol. The van der Waals surface area contributed by atoms with Crippen LogP contribution in [-0.2, 0) is 0 Å². The molecule has 0 aliphatic heterocycles. The lowest BCUT2D eigenvalue weighted by atomic mass is 10.3. The number of nitrogens with zero attached hydrogens (tertiary/aromatic N) is 1. The highest BCUT2D eigenvalue weighted by molar-refractivity contribution is 9.10. The van der Waals surface area contributed by atoms with Crippen molar-refractivity contribution in [3.05, 3.63) is 46.2 Å². The summed E-state index contributed by atoms with van der Waals surface area (Å²) in [5, 5.41) is 7.17. The van der Waals surface area contributed by atoms with E-state index >= 15 is 0 Å². The van der Waals surface area contributed by atoms with Gasteiger partial charge in [-0.1, -0.05) is 17.7 Å². The second-order valence-electron chi connectivity index (χ2n) is 3.72. The van der Waals surface area contributed by atoms with Crippen molar-refractivity contribution >= 4 is 44.6 Å². The van der Waals surface area contributed by atoms with Crippen LogP contribution in [0.4, 0.5) is 17.1 Å². The van der Waals surface area contributed by atoms with Gasteiger partial charge in [0.15, 0.2) is 0 Å². The number of hydrogen-bond donors (Lipinski definition) is 2. The number of anilines is 3. The van der Waals surface area contributed by atoms with E-state index in [4.69, 9.17) is 11.6 Å². The Hall–Kier alpha value is -1.26. The molecular weight excluding hydrogens is 314 g/mol. The molecule has 5 heteroatoms. The molecule has 2 rings (SSSR count). The van der Waals surface area contributed by atoms with Crippen LogP contribution in [-0.4, -0.2) is 11.5 Å². The molecule has 0 amide bonds. The van der Waals surface area contributed by atoms with E-state index in [0.29, 0.717) is 5.02 Å². The lowest BCUT2D eigenvalue weighted by Crippen LogP contribution is -1.98. The fourth-order valence-corrected chi connectivity index (χ4v) is 2.10. The second-order valence-corrected chi connectivity index (χ2v) is 4.92. The number of halogens is 2. The molecule has 0 unspecified atom stereocenters. The van der Waals surface area contributed by atoms with Crippen LogP contribution < -0.4 is 10.6 Å². The minimum Gasteiger partial charge on any atom is -0.384 e. The van der Waals surface area contributed by atoms with Crippen LogP contribution in [0.1, 0.15) is 6.92 Å². The molecule has 0 saturated carbocycles. The summed E-state index contributed by atoms with van der Waals surface area (Å²) in [6.07, 6.45) is 3.57. The molecule has 1 aromatic heterocycles. The fourth-order valence-electron chi connectivity index (χ4n) is 1.56. The quantitative estimate of drug-likeness (QED) is 0.857. The van der Waals surface area contributed by atoms with Gasteiger partial charge in [-0.25, -0.2) is 0 Å². The van der Waals surface area contributed by atoms with Gasteiger partial charge in [-0.15, -0.1) is 0 Å². The Morgan fingerprint density at radius 1 is 1.28 bits per heavy atom. The van der Waals surface area contributed by atoms with E-state index in [1.165, 1.54) is 0 Å². The Kier molecular flexibility index (Phi) is 4.44. The van der Waals surface area contributed by atoms with Crippen LogP contribution in [0, 0.1) is 0 Å². The SMILES string of the molecule is CCNc1cncc(Nc2cccc(Cl)c2Br)c1. The number of rotatable bonds is 4. The van der Waals surface area contributed by atoms with Gasteiger partial charge in [-0.3, -0.25) is 4.98 Å². The molecule has 0 radical (unpaired) electrons. The Balaban J connectivity index is 2.23. The first-order chi connectivity index (χ1) is 8.70. The van der Waals surface area contributed by atoms with Crippen molar-refractivity contribution in [3.63, 3.8) is 0 Å². The van der Waals surface area contributed by atoms with Crippen molar-refractivity contribution < 1.29 is 0 Å². The molecule has 2 N–H and O–H groups in total. The van der Waals surface area contributed by atoms with Gasteiger partial charge in [0.2, 0.25) is 0 Å². The molecular formula is C13H13BrClN3. The van der Waals surface area contributed by atoms with E-state index < -0.39 is 0 Å². The smallest absolute Gasteiger partial charge is 0.0596 e. The van der Waals surface area contributed by atoms with Crippen molar-refractivity contribution in [1.82, 2.24) is 4.98 Å². The third-order valence-electron chi connectivity index (χ3n) is 2.35. The van der Waals surface area contributed by atoms with Crippen molar-refractivity contribution in [1.29, 1.82) is 0 Å². The summed E-state index contributed by atoms with van der Waals surface area (Å²) in [4.78, 5) is 4.18. The third kappa shape index (κ3) is 3.15. The van der Waals surface area contributed by atoms with Crippen LogP contribution in [0.5, 0.6) is 0 Å². The highest BCUT2D eigenvalue weighted by atomic mass is 79.9. The van der Waals surface area contributed by atoms with E-state index in [9.17, 15) is 0 Å². The highest BCUT2D eigenvalue weighted by Crippen LogP contribution is 2.32. The monoisotopic (exact) mass is 325 g/mol. The van der Waals surface area contributed by atoms with Gasteiger partial charge in [0.05, 0.1) is 39.0 Å². The average molecular weight is 327 g/mol. The third-order valence-corrected chi connectivity index (χ3v) is 3.75. The zero-order chi connectivity index (χ0) is 13.0. The van der Waals surface area contributed by atoms with Crippen molar-refractivity contribution in [3.8, 4) is 0 Å². The van der Waals surface area contributed by atoms with E-state index in [1.807, 2.05) is 31.2 Å². The molecule has 1 aromatic carbocycles. The molecule has 2 aromatic rings. The molecule has 0 bridgehead atoms. The minimum absolute atomic E-state index is 0.677. The Bertz CT molecular complexity index is 546. The van der Waals surface area contributed by atoms with E-state index in [2.05, 4.69) is 31.5 Å². The first-order valence-electron chi connectivity index (χ1n) is 5.60. The molecule has 0 saturated heterocycles. The Morgan fingerprint density at radius 2 is 2.06 bits per heavy atom. The zero-order valence-corrected chi connectivity index (χ0v) is 12.2. The topological polar surface area (TPSA) is 37.0 Å². The van der Waals surface area contributed by atoms with Gasteiger partial charge < -0.3 is 10.6 Å². The zero-order valence-electron chi connectivity index (χ0n) is 9.87. The first-order valence-corrected chi connectivity index (χ1v) is 6.77. The summed E-state index contributed by atoms with van der Waals surface area (Å²) in [7, 11) is 0. The molecule has 3 nitrogen and oxygen atoms in total. The molecule has 0 fully saturated rings. The van der Waals surface area contributed by atoms with Crippen LogP contribution in [0.15, 0.2) is 41.1 Å². The summed E-state index contributed by atoms with van der Waals surface area (Å²) in [5.74, 6) is 0. The maximum Gasteiger partial charge on any atom is 0.0596 e. The summed E-state index contributed by atoms with van der Waals surface area (Å²) in [5.41, 5.74) is 2.81. The standard InChI is InChI=1S/C13H13BrClN3/c1-2-17-9-6-10(8-16-7-9)18-12-5-3-4-11(15)13(12)14/h3-8,17-18H,2H2,1H3. The Labute approximate surface area is 120 Å². The summed E-state index contributed by atoms with van der Waals surface area (Å²) >= 11 is 9.50. The van der Waals surface area contributed by atoms with Gasteiger partial charge in [0.25, 0.3) is 0 Å². The minimum atomic E-state index is 0.677. The number of hydrogen-bond acceptors (Lipinski definition) is 3. The normalized spacial score (nSPS) is 10.2. The van der Waals surface area contributed by atoms with E-state index in [1.54, 1.807) is 12.4 Å². The van der Waals surface area contributed by atoms with Crippen LogP contribution in [0.25, 0.3) is 0 Å². The summed E-state index contributed by atoms with van der Waals surface area (Å²) in [6, 6.07) is 7.70. The number of aromatic nitrogens is 1. The molecule has 1 heterocycles. The number of pyridine rings is 1. The molecule has 0 aliphatic rings. The summed E-state index contributed by atoms with van der Waals surface area (Å²) < 4.78 is 0.848. The van der Waals surface area contributed by atoms with Crippen molar-refractivity contribution in [2.75, 3.05) is 17.2 Å². The summed E-state index contributed by atoms with van der Waals surface area (Å²) in [6.45, 7) is 2.92. The van der Waals surface area contributed by atoms with E-state index in [-0.39, 0.29) is 0 Å². The molecule has 18 heavy (non-hydrogen) atoms. The van der Waals surface area contributed by atoms with Gasteiger partial charge in [-0.2, -0.15) is 0 Å². The molecule has 0 atom stereocenters.